The van der Waals surface area contributed by atoms with Crippen molar-refractivity contribution in [1.29, 1.82) is 0 Å². The van der Waals surface area contributed by atoms with Gasteiger partial charge in [-0.3, -0.25) is 10.1 Å². The summed E-state index contributed by atoms with van der Waals surface area (Å²) in [6.07, 6.45) is 1.89. The monoisotopic (exact) mass is 340 g/mol. The van der Waals surface area contributed by atoms with Gasteiger partial charge in [-0.05, 0) is 30.9 Å². The predicted molar refractivity (Wildman–Crippen MR) is 82.6 cm³/mol. The van der Waals surface area contributed by atoms with Crippen molar-refractivity contribution in [3.8, 4) is 5.75 Å². The molecule has 3 N–H and O–H groups in total. The summed E-state index contributed by atoms with van der Waals surface area (Å²) in [5.41, 5.74) is 6.59. The van der Waals surface area contributed by atoms with Gasteiger partial charge in [-0.25, -0.2) is 0 Å². The summed E-state index contributed by atoms with van der Waals surface area (Å²) in [6.45, 7) is 4.70. The van der Waals surface area contributed by atoms with Crippen LogP contribution in [0.5, 0.6) is 5.75 Å². The number of nitrogens with one attached hydrogen (secondary N) is 1. The van der Waals surface area contributed by atoms with Crippen LogP contribution in [0.3, 0.4) is 0 Å². The molecule has 2 rings (SSSR count). The number of carbonyl (C=O) groups is 1. The van der Waals surface area contributed by atoms with E-state index in [4.69, 9.17) is 10.5 Å². The topological polar surface area (TPSA) is 64.3 Å². The van der Waals surface area contributed by atoms with E-state index in [9.17, 15) is 4.79 Å². The minimum Gasteiger partial charge on any atom is -0.493 e. The number of nitrogens with two attached hydrogens (primary N) is 1. The fraction of sp³-hybridized carbons (Fsp3) is 0.533. The molecule has 0 saturated carbocycles. The number of rotatable bonds is 4. The van der Waals surface area contributed by atoms with Crippen molar-refractivity contribution >= 4 is 21.8 Å². The van der Waals surface area contributed by atoms with E-state index in [-0.39, 0.29) is 23.9 Å². The number of primary amides is 1. The molecule has 20 heavy (non-hydrogen) atoms. The number of benzene rings is 1. The van der Waals surface area contributed by atoms with Crippen LogP contribution in [0.15, 0.2) is 22.7 Å². The second-order valence-corrected chi connectivity index (χ2v) is 6.43. The molecule has 1 amide bonds. The summed E-state index contributed by atoms with van der Waals surface area (Å²) in [5.74, 6) is 0.737. The van der Waals surface area contributed by atoms with E-state index in [1.165, 1.54) is 0 Å². The minimum atomic E-state index is -0.324. The number of hydrogen-bond donors (Lipinski definition) is 2. The molecule has 1 aromatic carbocycles. The molecule has 0 aliphatic carbocycles. The summed E-state index contributed by atoms with van der Waals surface area (Å²) in [7, 11) is 0. The van der Waals surface area contributed by atoms with Crippen LogP contribution in [0.4, 0.5) is 0 Å². The lowest BCUT2D eigenvalue weighted by molar-refractivity contribution is -0.121. The number of carbonyl (C=O) groups excluding carboxylic acids is 1. The molecular weight excluding hydrogens is 320 g/mol. The Morgan fingerprint density at radius 2 is 2.25 bits per heavy atom. The average molecular weight is 341 g/mol. The Morgan fingerprint density at radius 1 is 1.50 bits per heavy atom. The van der Waals surface area contributed by atoms with Gasteiger partial charge in [0.15, 0.2) is 0 Å². The third kappa shape index (κ3) is 3.52. The van der Waals surface area contributed by atoms with Crippen molar-refractivity contribution in [3.05, 3.63) is 28.2 Å². The fourth-order valence-corrected chi connectivity index (χ4v) is 2.88. The van der Waals surface area contributed by atoms with Crippen molar-refractivity contribution in [1.82, 2.24) is 5.32 Å². The summed E-state index contributed by atoms with van der Waals surface area (Å²) in [5, 5.41) is 3.40. The van der Waals surface area contributed by atoms with Crippen molar-refractivity contribution in [3.63, 3.8) is 0 Å². The molecule has 1 aliphatic heterocycles. The fourth-order valence-electron chi connectivity index (χ4n) is 2.54. The number of fused-ring (bicyclic) bond motifs is 1. The van der Waals surface area contributed by atoms with Crippen LogP contribution in [-0.2, 0) is 4.79 Å². The Kier molecular flexibility index (Phi) is 5.05. The highest BCUT2D eigenvalue weighted by atomic mass is 79.9. The van der Waals surface area contributed by atoms with Crippen LogP contribution in [0, 0.1) is 5.92 Å². The molecule has 1 heterocycles. The molecule has 2 unspecified atom stereocenters. The third-order valence-electron chi connectivity index (χ3n) is 3.60. The summed E-state index contributed by atoms with van der Waals surface area (Å²) < 4.78 is 6.77. The van der Waals surface area contributed by atoms with Gasteiger partial charge in [-0.1, -0.05) is 35.8 Å². The van der Waals surface area contributed by atoms with E-state index in [0.29, 0.717) is 6.61 Å². The lowest BCUT2D eigenvalue weighted by Gasteiger charge is -2.26. The quantitative estimate of drug-likeness (QED) is 0.885. The van der Waals surface area contributed by atoms with Gasteiger partial charge in [0, 0.05) is 16.1 Å². The second kappa shape index (κ2) is 6.59. The first-order chi connectivity index (χ1) is 9.49. The summed E-state index contributed by atoms with van der Waals surface area (Å²) in [4.78, 5) is 11.6. The van der Waals surface area contributed by atoms with E-state index in [0.717, 1.165) is 28.6 Å². The highest BCUT2D eigenvalue weighted by Crippen LogP contribution is 2.34. The Bertz CT molecular complexity index is 491. The highest BCUT2D eigenvalue weighted by Gasteiger charge is 2.26. The van der Waals surface area contributed by atoms with E-state index in [2.05, 4.69) is 21.2 Å². The highest BCUT2D eigenvalue weighted by molar-refractivity contribution is 9.10. The lowest BCUT2D eigenvalue weighted by Crippen LogP contribution is -2.46. The summed E-state index contributed by atoms with van der Waals surface area (Å²) in [6, 6.07) is 5.79. The zero-order valence-corrected chi connectivity index (χ0v) is 13.4. The van der Waals surface area contributed by atoms with Crippen LogP contribution < -0.4 is 15.8 Å². The molecule has 5 heteroatoms. The second-order valence-electron chi connectivity index (χ2n) is 5.52. The largest absolute Gasteiger partial charge is 0.493 e. The van der Waals surface area contributed by atoms with Crippen LogP contribution in [0.1, 0.15) is 38.3 Å². The Hall–Kier alpha value is -1.07. The number of halogens is 1. The summed E-state index contributed by atoms with van der Waals surface area (Å²) >= 11 is 3.46. The SMILES string of the molecule is CC(C)C(NC1CCCOc2cc(Br)ccc21)C(N)=O. The van der Waals surface area contributed by atoms with E-state index < -0.39 is 0 Å². The first-order valence-electron chi connectivity index (χ1n) is 6.96. The van der Waals surface area contributed by atoms with E-state index >= 15 is 0 Å². The standard InChI is InChI=1S/C15H21BrN2O2/c1-9(2)14(15(17)19)18-12-4-3-7-20-13-8-10(16)5-6-11(12)13/h5-6,8-9,12,14,18H,3-4,7H2,1-2H3,(H2,17,19). The van der Waals surface area contributed by atoms with Gasteiger partial charge in [0.25, 0.3) is 0 Å². The van der Waals surface area contributed by atoms with Crippen molar-refractivity contribution in [2.45, 2.75) is 38.8 Å². The van der Waals surface area contributed by atoms with E-state index in [1.54, 1.807) is 0 Å². The number of hydrogen-bond acceptors (Lipinski definition) is 3. The van der Waals surface area contributed by atoms with Gasteiger partial charge >= 0.3 is 0 Å². The molecule has 0 bridgehead atoms. The Morgan fingerprint density at radius 3 is 2.90 bits per heavy atom. The van der Waals surface area contributed by atoms with E-state index in [1.807, 2.05) is 32.0 Å². The zero-order chi connectivity index (χ0) is 14.7. The third-order valence-corrected chi connectivity index (χ3v) is 4.09. The van der Waals surface area contributed by atoms with Crippen molar-refractivity contribution in [2.75, 3.05) is 6.61 Å². The van der Waals surface area contributed by atoms with Gasteiger partial charge in [0.1, 0.15) is 5.75 Å². The van der Waals surface area contributed by atoms with Crippen molar-refractivity contribution in [2.24, 2.45) is 11.7 Å². The molecule has 0 radical (unpaired) electrons. The maximum absolute atomic E-state index is 11.6. The first-order valence-corrected chi connectivity index (χ1v) is 7.76. The maximum Gasteiger partial charge on any atom is 0.234 e. The molecule has 0 aromatic heterocycles. The number of ether oxygens (including phenoxy) is 1. The Balaban J connectivity index is 2.26. The van der Waals surface area contributed by atoms with Crippen LogP contribution in [0.2, 0.25) is 0 Å². The number of amides is 1. The van der Waals surface area contributed by atoms with Gasteiger partial charge in [-0.2, -0.15) is 0 Å². The molecule has 0 fully saturated rings. The molecule has 110 valence electrons. The van der Waals surface area contributed by atoms with Crippen molar-refractivity contribution < 1.29 is 9.53 Å². The molecule has 4 nitrogen and oxygen atoms in total. The molecule has 1 aliphatic rings. The normalized spacial score (nSPS) is 19.9. The van der Waals surface area contributed by atoms with Gasteiger partial charge in [0.05, 0.1) is 12.6 Å². The van der Waals surface area contributed by atoms with Crippen LogP contribution >= 0.6 is 15.9 Å². The van der Waals surface area contributed by atoms with Gasteiger partial charge in [0.2, 0.25) is 5.91 Å². The molecule has 0 saturated heterocycles. The Labute approximate surface area is 128 Å². The molecule has 1 aromatic rings. The molecule has 0 spiro atoms. The van der Waals surface area contributed by atoms with Gasteiger partial charge in [-0.15, -0.1) is 0 Å². The smallest absolute Gasteiger partial charge is 0.234 e. The lowest BCUT2D eigenvalue weighted by atomic mass is 9.97. The zero-order valence-electron chi connectivity index (χ0n) is 11.9. The predicted octanol–water partition coefficient (Wildman–Crippen LogP) is 2.76. The first kappa shape index (κ1) is 15.3. The van der Waals surface area contributed by atoms with Crippen LogP contribution in [0.25, 0.3) is 0 Å². The molecular formula is C15H21BrN2O2. The van der Waals surface area contributed by atoms with Gasteiger partial charge < -0.3 is 10.5 Å². The van der Waals surface area contributed by atoms with Crippen LogP contribution in [-0.4, -0.2) is 18.6 Å². The minimum absolute atomic E-state index is 0.0977. The average Bonchev–Trinajstić information content (AvgIpc) is 2.56. The molecule has 2 atom stereocenters. The maximum atomic E-state index is 11.6.